The van der Waals surface area contributed by atoms with E-state index in [0.29, 0.717) is 56.5 Å². The standard InChI is InChI=1S/C41H53ClN4O6S.C2HF3O2/c1-27-5-3-6-29(21-39(47)45-16-15-44-17-18-51-24-34(44)23-45)35-11-8-32(35)22-46-25-41(14-4-7-30-19-33(42)10-12-36(30)41)26-52-38-13-9-31(20-37(38)46)40(48)43-53(49,50)28(27)2;3-2(4,5)1(6)7/h9-10,12-13,19-21,27-28,32,34-35H,3-8,11,14-18,22-26H2,1-2H3,(H,43,48);(H,6,7)/b29-21-;/t27-,28+,32-,34+,35-,41-;/m0./s1. The van der Waals surface area contributed by atoms with Crippen LogP contribution in [0, 0.1) is 17.8 Å². The van der Waals surface area contributed by atoms with Gasteiger partial charge in [-0.05, 0) is 118 Å². The Hall–Kier alpha value is -3.86. The molecule has 8 rings (SSSR count). The maximum atomic E-state index is 14.0. The topological polar surface area (TPSA) is 146 Å². The average molecular weight is 879 g/mol. The number of morpholine rings is 1. The zero-order valence-electron chi connectivity index (χ0n) is 34.0. The number of sulfonamides is 1. The number of rotatable bonds is 1. The summed E-state index contributed by atoms with van der Waals surface area (Å²) < 4.78 is 73.6. The van der Waals surface area contributed by atoms with Crippen molar-refractivity contribution in [1.29, 1.82) is 0 Å². The molecule has 2 saturated heterocycles. The number of nitrogens with one attached hydrogen (secondary N) is 1. The molecular formula is C43H54ClF3N4O8S. The van der Waals surface area contributed by atoms with E-state index in [1.165, 1.54) is 16.7 Å². The SMILES string of the molecule is C[C@@H]1[C@@H](C)CCC/C(=C/C(=O)N2CCN3CCOC[C@H]3C2)[C@@H]2CC[C@H]2CN2C[C@@]3(CCCc4cc(Cl)ccc43)COc3ccc(cc32)C(=O)NS1(=O)=O.O=C(O)C(F)(F)F. The summed E-state index contributed by atoms with van der Waals surface area (Å²) in [6.07, 6.45) is 4.04. The minimum Gasteiger partial charge on any atom is -0.490 e. The highest BCUT2D eigenvalue weighted by atomic mass is 35.5. The predicted molar refractivity (Wildman–Crippen MR) is 220 cm³/mol. The zero-order valence-corrected chi connectivity index (χ0v) is 35.6. The molecule has 4 heterocycles. The molecule has 2 amide bonds. The molecule has 0 aromatic heterocycles. The Morgan fingerprint density at radius 3 is 2.53 bits per heavy atom. The Morgan fingerprint density at radius 1 is 1.02 bits per heavy atom. The smallest absolute Gasteiger partial charge is 0.490 e. The van der Waals surface area contributed by atoms with E-state index >= 15 is 0 Å². The third-order valence-electron chi connectivity index (χ3n) is 13.6. The van der Waals surface area contributed by atoms with Crippen molar-refractivity contribution in [1.82, 2.24) is 14.5 Å². The number of ether oxygens (including phenoxy) is 2. The second-order valence-electron chi connectivity index (χ2n) is 17.4. The Bertz CT molecular complexity index is 2100. The second-order valence-corrected chi connectivity index (χ2v) is 19.8. The fraction of sp³-hybridized carbons (Fsp3) is 0.605. The molecule has 2 aromatic carbocycles. The highest BCUT2D eigenvalue weighted by Gasteiger charge is 2.44. The van der Waals surface area contributed by atoms with Gasteiger partial charge in [-0.2, -0.15) is 13.2 Å². The van der Waals surface area contributed by atoms with Gasteiger partial charge >= 0.3 is 12.1 Å². The molecule has 6 atom stereocenters. The van der Waals surface area contributed by atoms with E-state index in [9.17, 15) is 31.2 Å². The van der Waals surface area contributed by atoms with Gasteiger partial charge in [0.05, 0.1) is 36.8 Å². The number of fused-ring (bicyclic) bond motifs is 5. The van der Waals surface area contributed by atoms with E-state index in [0.717, 1.165) is 81.9 Å². The normalized spacial score (nSPS) is 30.2. The highest BCUT2D eigenvalue weighted by Crippen LogP contribution is 2.48. The van der Waals surface area contributed by atoms with Crippen LogP contribution in [0.25, 0.3) is 0 Å². The molecule has 1 spiro atoms. The number of hydrogen-bond donors (Lipinski definition) is 2. The number of anilines is 1. The molecule has 17 heteroatoms. The summed E-state index contributed by atoms with van der Waals surface area (Å²) >= 11 is 6.48. The van der Waals surface area contributed by atoms with Gasteiger partial charge in [0, 0.05) is 61.3 Å². The van der Waals surface area contributed by atoms with Gasteiger partial charge in [-0.25, -0.2) is 17.9 Å². The summed E-state index contributed by atoms with van der Waals surface area (Å²) in [6.45, 7) is 10.1. The summed E-state index contributed by atoms with van der Waals surface area (Å²) in [6, 6.07) is 11.8. The Balaban J connectivity index is 0.000000716. The third kappa shape index (κ3) is 9.61. The van der Waals surface area contributed by atoms with E-state index in [-0.39, 0.29) is 29.2 Å². The molecule has 0 radical (unpaired) electrons. The molecule has 328 valence electrons. The number of alkyl halides is 3. The number of halogens is 4. The maximum absolute atomic E-state index is 14.0. The summed E-state index contributed by atoms with van der Waals surface area (Å²) in [5, 5.41) is 7.09. The van der Waals surface area contributed by atoms with Crippen LogP contribution in [0.3, 0.4) is 0 Å². The molecule has 3 fully saturated rings. The van der Waals surface area contributed by atoms with Gasteiger partial charge in [0.2, 0.25) is 15.9 Å². The van der Waals surface area contributed by atoms with Crippen LogP contribution in [0.1, 0.15) is 80.3 Å². The number of piperazine rings is 1. The predicted octanol–water partition coefficient (Wildman–Crippen LogP) is 6.21. The van der Waals surface area contributed by atoms with E-state index in [1.807, 2.05) is 36.1 Å². The molecule has 6 aliphatic rings. The summed E-state index contributed by atoms with van der Waals surface area (Å²) in [4.78, 5) is 43.4. The lowest BCUT2D eigenvalue weighted by molar-refractivity contribution is -0.192. The van der Waals surface area contributed by atoms with E-state index in [4.69, 9.17) is 31.0 Å². The van der Waals surface area contributed by atoms with Crippen molar-refractivity contribution < 1.29 is 50.6 Å². The van der Waals surface area contributed by atoms with Gasteiger partial charge < -0.3 is 24.4 Å². The van der Waals surface area contributed by atoms with Crippen molar-refractivity contribution >= 4 is 45.1 Å². The lowest BCUT2D eigenvalue weighted by atomic mass is 9.67. The highest BCUT2D eigenvalue weighted by molar-refractivity contribution is 7.90. The number of allylic oxidation sites excluding steroid dienone is 1. The van der Waals surface area contributed by atoms with E-state index in [1.54, 1.807) is 13.0 Å². The molecule has 2 aliphatic carbocycles. The number of carbonyl (C=O) groups excluding carboxylic acids is 2. The number of nitrogens with zero attached hydrogens (tertiary/aromatic N) is 3. The lowest BCUT2D eigenvalue weighted by Gasteiger charge is -2.45. The number of carboxylic acid groups (broad SMARTS) is 1. The van der Waals surface area contributed by atoms with Crippen molar-refractivity contribution in [2.24, 2.45) is 17.8 Å². The molecule has 12 nitrogen and oxygen atoms in total. The fourth-order valence-electron chi connectivity index (χ4n) is 9.83. The molecular weight excluding hydrogens is 825 g/mol. The number of aliphatic carboxylic acids is 1. The van der Waals surface area contributed by atoms with Crippen LogP contribution >= 0.6 is 11.6 Å². The number of hydrogen-bond acceptors (Lipinski definition) is 9. The van der Waals surface area contributed by atoms with E-state index in [2.05, 4.69) is 26.7 Å². The van der Waals surface area contributed by atoms with Crippen LogP contribution in [0.2, 0.25) is 5.02 Å². The van der Waals surface area contributed by atoms with Gasteiger partial charge in [0.15, 0.2) is 0 Å². The van der Waals surface area contributed by atoms with Crippen LogP contribution in [0.15, 0.2) is 48.0 Å². The minimum absolute atomic E-state index is 0.0755. The van der Waals surface area contributed by atoms with Gasteiger partial charge in [0.25, 0.3) is 5.91 Å². The monoisotopic (exact) mass is 878 g/mol. The Morgan fingerprint density at radius 2 is 1.80 bits per heavy atom. The second kappa shape index (κ2) is 17.9. The van der Waals surface area contributed by atoms with Gasteiger partial charge in [-0.1, -0.05) is 30.2 Å². The summed E-state index contributed by atoms with van der Waals surface area (Å²) in [5.41, 5.74) is 4.52. The molecule has 2 N–H and O–H groups in total. The number of aryl methyl sites for hydroxylation is 1. The molecule has 4 aliphatic heterocycles. The maximum Gasteiger partial charge on any atom is 0.490 e. The largest absolute Gasteiger partial charge is 0.490 e. The van der Waals surface area contributed by atoms with Crippen molar-refractivity contribution in [3.8, 4) is 5.75 Å². The number of amides is 2. The Labute approximate surface area is 354 Å². The summed E-state index contributed by atoms with van der Waals surface area (Å²) in [7, 11) is -3.95. The van der Waals surface area contributed by atoms with Crippen LogP contribution in [-0.4, -0.2) is 118 Å². The first-order chi connectivity index (χ1) is 28.4. The number of carboxylic acids is 1. The number of carbonyl (C=O) groups is 3. The molecule has 2 bridgehead atoms. The molecule has 60 heavy (non-hydrogen) atoms. The van der Waals surface area contributed by atoms with Crippen LogP contribution < -0.4 is 14.4 Å². The van der Waals surface area contributed by atoms with Crippen molar-refractivity contribution in [3.05, 3.63) is 69.8 Å². The first kappa shape index (κ1) is 44.2. The molecule has 2 aromatic rings. The summed E-state index contributed by atoms with van der Waals surface area (Å²) in [5.74, 6) is -2.23. The minimum atomic E-state index is -5.08. The lowest BCUT2D eigenvalue weighted by Crippen LogP contribution is -2.58. The average Bonchev–Trinajstić information content (AvgIpc) is 3.34. The van der Waals surface area contributed by atoms with Crippen molar-refractivity contribution in [2.75, 3.05) is 64.0 Å². The van der Waals surface area contributed by atoms with Gasteiger partial charge in [-0.3, -0.25) is 14.5 Å². The molecule has 0 unspecified atom stereocenters. The fourth-order valence-corrected chi connectivity index (χ4v) is 11.3. The number of benzene rings is 2. The van der Waals surface area contributed by atoms with Crippen molar-refractivity contribution in [3.63, 3.8) is 0 Å². The first-order valence-corrected chi connectivity index (χ1v) is 22.8. The Kier molecular flexibility index (Phi) is 13.2. The van der Waals surface area contributed by atoms with Gasteiger partial charge in [-0.15, -0.1) is 0 Å². The van der Waals surface area contributed by atoms with Gasteiger partial charge in [0.1, 0.15) is 5.75 Å². The zero-order chi connectivity index (χ0) is 43.0. The third-order valence-corrected chi connectivity index (χ3v) is 15.7. The van der Waals surface area contributed by atoms with Crippen molar-refractivity contribution in [2.45, 2.75) is 88.1 Å². The van der Waals surface area contributed by atoms with Crippen LogP contribution in [0.5, 0.6) is 5.75 Å². The molecule has 1 saturated carbocycles. The first-order valence-electron chi connectivity index (χ1n) is 20.9. The quantitative estimate of drug-likeness (QED) is 0.318. The van der Waals surface area contributed by atoms with Crippen LogP contribution in [0.4, 0.5) is 18.9 Å². The van der Waals surface area contributed by atoms with Crippen LogP contribution in [-0.2, 0) is 36.2 Å². The van der Waals surface area contributed by atoms with E-state index < -0.39 is 33.3 Å².